The second-order valence-corrected chi connectivity index (χ2v) is 3.30. The average Bonchev–Trinajstić information content (AvgIpc) is 2.31. The summed E-state index contributed by atoms with van der Waals surface area (Å²) in [5, 5.41) is 22.8. The number of hydrogen-bond acceptors (Lipinski definition) is 4. The van der Waals surface area contributed by atoms with E-state index in [0.717, 1.165) is 0 Å². The van der Waals surface area contributed by atoms with Crippen molar-refractivity contribution in [2.45, 2.75) is 25.6 Å². The third kappa shape index (κ3) is 1.62. The number of aromatic nitrogens is 3. The lowest BCUT2D eigenvalue weighted by Crippen LogP contribution is -2.30. The average molecular weight is 171 g/mol. The Kier molecular flexibility index (Phi) is 2.16. The molecule has 1 heterocycles. The van der Waals surface area contributed by atoms with Crippen molar-refractivity contribution >= 4 is 0 Å². The molecule has 0 bridgehead atoms. The van der Waals surface area contributed by atoms with Crippen molar-refractivity contribution < 1.29 is 10.2 Å². The van der Waals surface area contributed by atoms with E-state index in [0.29, 0.717) is 5.82 Å². The largest absolute Gasteiger partial charge is 0.387 e. The number of aliphatic hydroxyl groups is 2. The summed E-state index contributed by atoms with van der Waals surface area (Å²) < 4.78 is 1.43. The molecule has 1 aromatic rings. The standard InChI is InChI=1S/C7H13N3O2/c1-7(2,12)5(11)6-8-4-9-10(6)3/h4-5,11-12H,1-3H3. The van der Waals surface area contributed by atoms with Crippen LogP contribution in [-0.2, 0) is 7.05 Å². The van der Waals surface area contributed by atoms with Gasteiger partial charge in [0.05, 0.1) is 5.60 Å². The highest BCUT2D eigenvalue weighted by Crippen LogP contribution is 2.22. The molecule has 1 unspecified atom stereocenters. The summed E-state index contributed by atoms with van der Waals surface area (Å²) in [7, 11) is 1.66. The van der Waals surface area contributed by atoms with Gasteiger partial charge < -0.3 is 10.2 Å². The van der Waals surface area contributed by atoms with E-state index in [9.17, 15) is 10.2 Å². The van der Waals surface area contributed by atoms with Crippen LogP contribution in [0.25, 0.3) is 0 Å². The molecule has 0 aliphatic heterocycles. The van der Waals surface area contributed by atoms with Crippen LogP contribution >= 0.6 is 0 Å². The topological polar surface area (TPSA) is 71.2 Å². The smallest absolute Gasteiger partial charge is 0.158 e. The Hall–Kier alpha value is -0.940. The van der Waals surface area contributed by atoms with E-state index >= 15 is 0 Å². The van der Waals surface area contributed by atoms with Crippen LogP contribution in [-0.4, -0.2) is 30.6 Å². The van der Waals surface area contributed by atoms with Gasteiger partial charge in [-0.15, -0.1) is 0 Å². The molecular formula is C7H13N3O2. The zero-order chi connectivity index (χ0) is 9.35. The van der Waals surface area contributed by atoms with Gasteiger partial charge in [-0.25, -0.2) is 4.98 Å². The normalized spacial score (nSPS) is 14.8. The first-order valence-corrected chi connectivity index (χ1v) is 3.67. The lowest BCUT2D eigenvalue weighted by Gasteiger charge is -2.23. The van der Waals surface area contributed by atoms with Crippen LogP contribution in [0.4, 0.5) is 0 Å². The molecule has 0 aliphatic carbocycles. The van der Waals surface area contributed by atoms with E-state index in [1.807, 2.05) is 0 Å². The fourth-order valence-corrected chi connectivity index (χ4v) is 0.869. The molecule has 0 amide bonds. The second kappa shape index (κ2) is 2.84. The zero-order valence-corrected chi connectivity index (χ0v) is 7.39. The predicted octanol–water partition coefficient (Wildman–Crippen LogP) is -0.381. The Labute approximate surface area is 70.7 Å². The van der Waals surface area contributed by atoms with E-state index in [4.69, 9.17) is 0 Å². The third-order valence-electron chi connectivity index (χ3n) is 1.66. The summed E-state index contributed by atoms with van der Waals surface area (Å²) in [4.78, 5) is 3.82. The Balaban J connectivity index is 2.92. The van der Waals surface area contributed by atoms with Crippen molar-refractivity contribution in [1.82, 2.24) is 14.8 Å². The van der Waals surface area contributed by atoms with Gasteiger partial charge in [0.1, 0.15) is 12.4 Å². The van der Waals surface area contributed by atoms with E-state index in [-0.39, 0.29) is 0 Å². The summed E-state index contributed by atoms with van der Waals surface area (Å²) in [6, 6.07) is 0. The molecule has 1 aromatic heterocycles. The number of rotatable bonds is 2. The van der Waals surface area contributed by atoms with Crippen LogP contribution in [0.1, 0.15) is 25.8 Å². The quantitative estimate of drug-likeness (QED) is 0.636. The minimum Gasteiger partial charge on any atom is -0.387 e. The Morgan fingerprint density at radius 2 is 2.17 bits per heavy atom. The molecule has 0 aromatic carbocycles. The minimum atomic E-state index is -1.19. The van der Waals surface area contributed by atoms with Crippen molar-refractivity contribution in [3.63, 3.8) is 0 Å². The van der Waals surface area contributed by atoms with Crippen molar-refractivity contribution in [1.29, 1.82) is 0 Å². The predicted molar refractivity (Wildman–Crippen MR) is 42.3 cm³/mol. The maximum absolute atomic E-state index is 9.55. The van der Waals surface area contributed by atoms with E-state index in [2.05, 4.69) is 10.1 Å². The fourth-order valence-electron chi connectivity index (χ4n) is 0.869. The Morgan fingerprint density at radius 3 is 2.50 bits per heavy atom. The molecule has 5 nitrogen and oxygen atoms in total. The molecular weight excluding hydrogens is 158 g/mol. The maximum Gasteiger partial charge on any atom is 0.158 e. The van der Waals surface area contributed by atoms with Crippen LogP contribution in [0, 0.1) is 0 Å². The van der Waals surface area contributed by atoms with Gasteiger partial charge in [0, 0.05) is 7.05 Å². The molecule has 0 fully saturated rings. The lowest BCUT2D eigenvalue weighted by molar-refractivity contribution is -0.0555. The van der Waals surface area contributed by atoms with E-state index in [1.54, 1.807) is 7.05 Å². The molecule has 0 saturated heterocycles. The zero-order valence-electron chi connectivity index (χ0n) is 7.39. The molecule has 12 heavy (non-hydrogen) atoms. The first-order chi connectivity index (χ1) is 5.43. The fraction of sp³-hybridized carbons (Fsp3) is 0.714. The second-order valence-electron chi connectivity index (χ2n) is 3.30. The Bertz CT molecular complexity index is 264. The van der Waals surface area contributed by atoms with Crippen molar-refractivity contribution in [2.24, 2.45) is 7.05 Å². The molecule has 0 saturated carbocycles. The van der Waals surface area contributed by atoms with Gasteiger partial charge in [-0.3, -0.25) is 4.68 Å². The molecule has 1 atom stereocenters. The van der Waals surface area contributed by atoms with Gasteiger partial charge in [-0.1, -0.05) is 0 Å². The summed E-state index contributed by atoms with van der Waals surface area (Å²) in [5.74, 6) is 0.363. The summed E-state index contributed by atoms with van der Waals surface area (Å²) in [6.07, 6.45) is 0.328. The molecule has 2 N–H and O–H groups in total. The number of nitrogens with zero attached hydrogens (tertiary/aromatic N) is 3. The first-order valence-electron chi connectivity index (χ1n) is 3.67. The molecule has 5 heteroatoms. The Morgan fingerprint density at radius 1 is 1.58 bits per heavy atom. The van der Waals surface area contributed by atoms with Gasteiger partial charge in [0.15, 0.2) is 5.82 Å². The SMILES string of the molecule is Cn1ncnc1C(O)C(C)(C)O. The highest BCUT2D eigenvalue weighted by molar-refractivity contribution is 4.96. The summed E-state index contributed by atoms with van der Waals surface area (Å²) in [5.41, 5.74) is -1.19. The van der Waals surface area contributed by atoms with E-state index in [1.165, 1.54) is 24.9 Å². The molecule has 0 radical (unpaired) electrons. The van der Waals surface area contributed by atoms with Crippen LogP contribution in [0.2, 0.25) is 0 Å². The lowest BCUT2D eigenvalue weighted by atomic mass is 10.0. The highest BCUT2D eigenvalue weighted by atomic mass is 16.3. The van der Waals surface area contributed by atoms with Crippen LogP contribution in [0.3, 0.4) is 0 Å². The van der Waals surface area contributed by atoms with Gasteiger partial charge in [0.25, 0.3) is 0 Å². The van der Waals surface area contributed by atoms with Gasteiger partial charge in [0.2, 0.25) is 0 Å². The minimum absolute atomic E-state index is 0.363. The van der Waals surface area contributed by atoms with Gasteiger partial charge in [-0.05, 0) is 13.8 Å². The van der Waals surface area contributed by atoms with Gasteiger partial charge in [-0.2, -0.15) is 5.10 Å². The van der Waals surface area contributed by atoms with Crippen molar-refractivity contribution in [2.75, 3.05) is 0 Å². The maximum atomic E-state index is 9.55. The highest BCUT2D eigenvalue weighted by Gasteiger charge is 2.29. The molecule has 68 valence electrons. The van der Waals surface area contributed by atoms with Crippen LogP contribution in [0.5, 0.6) is 0 Å². The van der Waals surface area contributed by atoms with Crippen molar-refractivity contribution in [3.8, 4) is 0 Å². The van der Waals surface area contributed by atoms with Crippen LogP contribution in [0.15, 0.2) is 6.33 Å². The summed E-state index contributed by atoms with van der Waals surface area (Å²) in [6.45, 7) is 3.04. The molecule has 1 rings (SSSR count). The number of hydrogen-bond donors (Lipinski definition) is 2. The van der Waals surface area contributed by atoms with Gasteiger partial charge >= 0.3 is 0 Å². The van der Waals surface area contributed by atoms with Crippen molar-refractivity contribution in [3.05, 3.63) is 12.2 Å². The first kappa shape index (κ1) is 9.15. The monoisotopic (exact) mass is 171 g/mol. The number of aryl methyl sites for hydroxylation is 1. The van der Waals surface area contributed by atoms with E-state index < -0.39 is 11.7 Å². The summed E-state index contributed by atoms with van der Waals surface area (Å²) >= 11 is 0. The third-order valence-corrected chi connectivity index (χ3v) is 1.66. The number of aliphatic hydroxyl groups excluding tert-OH is 1. The molecule has 0 aliphatic rings. The molecule has 0 spiro atoms. The van der Waals surface area contributed by atoms with Crippen LogP contribution < -0.4 is 0 Å².